The van der Waals surface area contributed by atoms with Crippen LogP contribution in [0.1, 0.15) is 51.0 Å². The predicted molar refractivity (Wildman–Crippen MR) is 128 cm³/mol. The van der Waals surface area contributed by atoms with Crippen LogP contribution in [-0.4, -0.2) is 35.4 Å². The Bertz CT molecular complexity index is 949. The Balaban J connectivity index is 1.76. The van der Waals surface area contributed by atoms with Crippen molar-refractivity contribution in [2.45, 2.75) is 64.1 Å². The summed E-state index contributed by atoms with van der Waals surface area (Å²) in [7, 11) is 0. The molecule has 0 saturated heterocycles. The first-order chi connectivity index (χ1) is 15.9. The summed E-state index contributed by atoms with van der Waals surface area (Å²) in [4.78, 5) is 27.9. The molecule has 1 atom stereocenters. The monoisotopic (exact) mass is 494 g/mol. The molecule has 1 N–H and O–H groups in total. The summed E-state index contributed by atoms with van der Waals surface area (Å²) in [6, 6.07) is 10.1. The number of nitrogens with zero attached hydrogens (tertiary/aromatic N) is 1. The fraction of sp³-hybridized carbons (Fsp3) is 0.440. The number of hydrogen-bond donors (Lipinski definition) is 1. The Kier molecular flexibility index (Phi) is 9.39. The molecule has 0 aromatic heterocycles. The molecule has 3 rings (SSSR count). The van der Waals surface area contributed by atoms with E-state index in [4.69, 9.17) is 27.9 Å². The molecule has 1 aliphatic carbocycles. The normalized spacial score (nSPS) is 15.0. The van der Waals surface area contributed by atoms with Crippen molar-refractivity contribution in [1.82, 2.24) is 10.2 Å². The lowest BCUT2D eigenvalue weighted by Crippen LogP contribution is -2.52. The average molecular weight is 495 g/mol. The van der Waals surface area contributed by atoms with Crippen molar-refractivity contribution in [3.63, 3.8) is 0 Å². The van der Waals surface area contributed by atoms with Crippen molar-refractivity contribution in [3.8, 4) is 5.75 Å². The van der Waals surface area contributed by atoms with Crippen LogP contribution in [0.5, 0.6) is 5.75 Å². The van der Waals surface area contributed by atoms with E-state index in [9.17, 15) is 14.0 Å². The molecule has 8 heteroatoms. The Morgan fingerprint density at radius 2 is 1.82 bits per heavy atom. The molecule has 178 valence electrons. The molecule has 0 aliphatic heterocycles. The molecule has 2 aromatic carbocycles. The molecule has 2 amide bonds. The number of halogens is 3. The molecule has 0 spiro atoms. The van der Waals surface area contributed by atoms with Gasteiger partial charge in [0.2, 0.25) is 5.91 Å². The summed E-state index contributed by atoms with van der Waals surface area (Å²) < 4.78 is 19.0. The van der Waals surface area contributed by atoms with Gasteiger partial charge in [-0.05, 0) is 55.2 Å². The third-order valence-electron chi connectivity index (χ3n) is 5.85. The van der Waals surface area contributed by atoms with Crippen molar-refractivity contribution in [2.24, 2.45) is 0 Å². The van der Waals surface area contributed by atoms with Gasteiger partial charge in [0.15, 0.2) is 6.61 Å². The fourth-order valence-corrected chi connectivity index (χ4v) is 4.53. The van der Waals surface area contributed by atoms with E-state index >= 15 is 0 Å². The molecule has 0 radical (unpaired) electrons. The summed E-state index contributed by atoms with van der Waals surface area (Å²) in [5.74, 6) is -0.573. The minimum Gasteiger partial charge on any atom is -0.482 e. The number of ether oxygens (including phenoxy) is 1. The van der Waals surface area contributed by atoms with Crippen molar-refractivity contribution in [2.75, 3.05) is 6.61 Å². The Labute approximate surface area is 204 Å². The second-order valence-electron chi connectivity index (χ2n) is 8.28. The second kappa shape index (κ2) is 12.2. The Morgan fingerprint density at radius 1 is 1.12 bits per heavy atom. The van der Waals surface area contributed by atoms with E-state index in [1.165, 1.54) is 29.5 Å². The Hall–Kier alpha value is -2.31. The van der Waals surface area contributed by atoms with E-state index in [-0.39, 0.29) is 36.8 Å². The molecule has 1 aliphatic rings. The van der Waals surface area contributed by atoms with Gasteiger partial charge >= 0.3 is 0 Å². The summed E-state index contributed by atoms with van der Waals surface area (Å²) >= 11 is 12.1. The minimum absolute atomic E-state index is 0.132. The number of benzene rings is 2. The highest BCUT2D eigenvalue weighted by molar-refractivity contribution is 6.35. The molecular formula is C25H29Cl2FN2O3. The fourth-order valence-electron chi connectivity index (χ4n) is 4.06. The quantitative estimate of drug-likeness (QED) is 0.481. The lowest BCUT2D eigenvalue weighted by molar-refractivity contribution is -0.143. The van der Waals surface area contributed by atoms with E-state index in [0.29, 0.717) is 22.2 Å². The number of carbonyl (C=O) groups excluding carboxylic acids is 2. The lowest BCUT2D eigenvalue weighted by Gasteiger charge is -2.32. The van der Waals surface area contributed by atoms with Crippen LogP contribution in [0.3, 0.4) is 0 Å². The highest BCUT2D eigenvalue weighted by Crippen LogP contribution is 2.27. The van der Waals surface area contributed by atoms with Gasteiger partial charge in [-0.3, -0.25) is 9.59 Å². The van der Waals surface area contributed by atoms with Gasteiger partial charge in [0.05, 0.1) is 5.02 Å². The molecular weight excluding hydrogens is 466 g/mol. The molecule has 0 unspecified atom stereocenters. The first-order valence-corrected chi connectivity index (χ1v) is 12.0. The minimum atomic E-state index is -0.672. The zero-order chi connectivity index (χ0) is 23.8. The van der Waals surface area contributed by atoms with Crippen LogP contribution in [-0.2, 0) is 16.1 Å². The maximum atomic E-state index is 13.4. The van der Waals surface area contributed by atoms with Gasteiger partial charge in [0.1, 0.15) is 17.6 Å². The number of carbonyl (C=O) groups is 2. The van der Waals surface area contributed by atoms with Gasteiger partial charge in [0, 0.05) is 17.6 Å². The van der Waals surface area contributed by atoms with Crippen molar-refractivity contribution in [3.05, 3.63) is 63.9 Å². The largest absolute Gasteiger partial charge is 0.482 e. The van der Waals surface area contributed by atoms with Gasteiger partial charge in [-0.1, -0.05) is 61.5 Å². The third kappa shape index (κ3) is 7.34. The zero-order valence-electron chi connectivity index (χ0n) is 18.7. The molecule has 1 fully saturated rings. The number of rotatable bonds is 9. The van der Waals surface area contributed by atoms with Gasteiger partial charge in [-0.15, -0.1) is 0 Å². The second-order valence-corrected chi connectivity index (χ2v) is 9.12. The molecule has 0 heterocycles. The number of amides is 2. The van der Waals surface area contributed by atoms with E-state index in [2.05, 4.69) is 5.32 Å². The van der Waals surface area contributed by atoms with Crippen LogP contribution in [0, 0.1) is 5.82 Å². The maximum Gasteiger partial charge on any atom is 0.261 e. The van der Waals surface area contributed by atoms with Crippen molar-refractivity contribution < 1.29 is 18.7 Å². The van der Waals surface area contributed by atoms with E-state index in [1.54, 1.807) is 24.3 Å². The van der Waals surface area contributed by atoms with E-state index in [1.807, 2.05) is 6.92 Å². The molecule has 1 saturated carbocycles. The van der Waals surface area contributed by atoms with E-state index in [0.717, 1.165) is 31.2 Å². The predicted octanol–water partition coefficient (Wildman–Crippen LogP) is 5.77. The van der Waals surface area contributed by atoms with Crippen LogP contribution >= 0.6 is 23.2 Å². The molecule has 2 aromatic rings. The smallest absolute Gasteiger partial charge is 0.261 e. The van der Waals surface area contributed by atoms with Crippen molar-refractivity contribution >= 4 is 35.0 Å². The van der Waals surface area contributed by atoms with E-state index < -0.39 is 6.04 Å². The maximum absolute atomic E-state index is 13.4. The number of nitrogens with one attached hydrogen (secondary N) is 1. The third-order valence-corrected chi connectivity index (χ3v) is 6.38. The van der Waals surface area contributed by atoms with Crippen LogP contribution in [0.4, 0.5) is 4.39 Å². The van der Waals surface area contributed by atoms with Crippen LogP contribution in [0.2, 0.25) is 10.0 Å². The summed E-state index contributed by atoms with van der Waals surface area (Å²) in [5.41, 5.74) is 0.721. The SMILES string of the molecule is CC[C@H](C(=O)NC1CCCCC1)N(Cc1ccc(F)cc1)C(=O)COc1ccc(Cl)cc1Cl. The van der Waals surface area contributed by atoms with Gasteiger partial charge in [-0.25, -0.2) is 4.39 Å². The van der Waals surface area contributed by atoms with Gasteiger partial charge in [0.25, 0.3) is 5.91 Å². The summed E-state index contributed by atoms with van der Waals surface area (Å²) in [5, 5.41) is 3.87. The van der Waals surface area contributed by atoms with Gasteiger partial charge in [-0.2, -0.15) is 0 Å². The van der Waals surface area contributed by atoms with Crippen LogP contribution in [0.25, 0.3) is 0 Å². The van der Waals surface area contributed by atoms with Crippen LogP contribution < -0.4 is 10.1 Å². The molecule has 0 bridgehead atoms. The highest BCUT2D eigenvalue weighted by atomic mass is 35.5. The average Bonchev–Trinajstić information content (AvgIpc) is 2.80. The van der Waals surface area contributed by atoms with Crippen molar-refractivity contribution in [1.29, 1.82) is 0 Å². The van der Waals surface area contributed by atoms with Crippen LogP contribution in [0.15, 0.2) is 42.5 Å². The standard InChI is InChI=1S/C25H29Cl2FN2O3/c1-2-22(25(32)29-20-6-4-3-5-7-20)30(15-17-8-11-19(28)12-9-17)24(31)16-33-23-13-10-18(26)14-21(23)27/h8-14,20,22H,2-7,15-16H2,1H3,(H,29,32)/t22-/m1/s1. The van der Waals surface area contributed by atoms with Gasteiger partial charge < -0.3 is 15.0 Å². The first-order valence-electron chi connectivity index (χ1n) is 11.3. The summed E-state index contributed by atoms with van der Waals surface area (Å²) in [6.07, 6.45) is 5.71. The topological polar surface area (TPSA) is 58.6 Å². The highest BCUT2D eigenvalue weighted by Gasteiger charge is 2.30. The molecule has 5 nitrogen and oxygen atoms in total. The molecule has 33 heavy (non-hydrogen) atoms. The summed E-state index contributed by atoms with van der Waals surface area (Å²) in [6.45, 7) is 1.73. The zero-order valence-corrected chi connectivity index (χ0v) is 20.2. The first kappa shape index (κ1) is 25.3. The lowest BCUT2D eigenvalue weighted by atomic mass is 9.95. The Morgan fingerprint density at radius 3 is 2.45 bits per heavy atom. The number of hydrogen-bond acceptors (Lipinski definition) is 3.